The number of anilines is 2. The van der Waals surface area contributed by atoms with Crippen molar-refractivity contribution in [3.63, 3.8) is 0 Å². The van der Waals surface area contributed by atoms with Gasteiger partial charge in [-0.1, -0.05) is 18.5 Å². The lowest BCUT2D eigenvalue weighted by molar-refractivity contribution is -0.384. The number of amides is 1. The lowest BCUT2D eigenvalue weighted by Gasteiger charge is -2.36. The Kier molecular flexibility index (Phi) is 7.66. The van der Waals surface area contributed by atoms with Gasteiger partial charge in [0.1, 0.15) is 0 Å². The van der Waals surface area contributed by atoms with Crippen molar-refractivity contribution >= 4 is 40.5 Å². The molecule has 170 valence electrons. The number of nitrogens with one attached hydrogen (secondary N) is 1. The number of hydrogen-bond donors (Lipinski definition) is 1. The number of nitrogens with zero attached hydrogens (tertiary/aromatic N) is 3. The number of ether oxygens (including phenoxy) is 1. The van der Waals surface area contributed by atoms with E-state index >= 15 is 0 Å². The number of esters is 1. The average molecular weight is 461 g/mol. The molecule has 0 saturated carbocycles. The fourth-order valence-electron chi connectivity index (χ4n) is 3.56. The quantitative estimate of drug-likeness (QED) is 0.380. The summed E-state index contributed by atoms with van der Waals surface area (Å²) >= 11 is 6.17. The van der Waals surface area contributed by atoms with Gasteiger partial charge in [0, 0.05) is 48.9 Å². The number of piperazine rings is 1. The van der Waals surface area contributed by atoms with Crippen molar-refractivity contribution in [3.05, 3.63) is 62.7 Å². The Labute approximate surface area is 191 Å². The van der Waals surface area contributed by atoms with Crippen molar-refractivity contribution < 1.29 is 19.2 Å². The van der Waals surface area contributed by atoms with Gasteiger partial charge in [-0.05, 0) is 37.7 Å². The first-order valence-electron chi connectivity index (χ1n) is 10.4. The van der Waals surface area contributed by atoms with Gasteiger partial charge in [-0.15, -0.1) is 0 Å². The largest absolute Gasteiger partial charge is 0.462 e. The molecular weight excluding hydrogens is 436 g/mol. The zero-order valence-electron chi connectivity index (χ0n) is 18.0. The van der Waals surface area contributed by atoms with Crippen LogP contribution < -0.4 is 10.2 Å². The normalized spacial score (nSPS) is 14.2. The molecule has 0 atom stereocenters. The van der Waals surface area contributed by atoms with Gasteiger partial charge >= 0.3 is 5.97 Å². The van der Waals surface area contributed by atoms with Crippen LogP contribution in [0.4, 0.5) is 17.1 Å². The standard InChI is InChI=1S/C22H25ClN4O5/c1-3-25-7-9-26(10-8-25)20-6-5-17(23)14-19(20)24-21(28)15-11-16(22(29)32-4-2)13-18(12-15)27(30)31/h5-6,11-14H,3-4,7-10H2,1-2H3,(H,24,28). The van der Waals surface area contributed by atoms with E-state index in [0.29, 0.717) is 10.7 Å². The maximum atomic E-state index is 13.0. The second-order valence-corrected chi connectivity index (χ2v) is 7.72. The molecule has 32 heavy (non-hydrogen) atoms. The topological polar surface area (TPSA) is 105 Å². The number of carbonyl (C=O) groups excluding carboxylic acids is 2. The minimum absolute atomic E-state index is 0.0241. The van der Waals surface area contributed by atoms with E-state index in [1.165, 1.54) is 6.07 Å². The highest BCUT2D eigenvalue weighted by atomic mass is 35.5. The van der Waals surface area contributed by atoms with Crippen LogP contribution in [0.1, 0.15) is 34.6 Å². The van der Waals surface area contributed by atoms with E-state index in [0.717, 1.165) is 50.5 Å². The summed E-state index contributed by atoms with van der Waals surface area (Å²) in [6.45, 7) is 8.23. The molecule has 1 amide bonds. The molecule has 0 aliphatic carbocycles. The molecule has 1 fully saturated rings. The minimum Gasteiger partial charge on any atom is -0.462 e. The number of non-ortho nitro benzene ring substituents is 1. The van der Waals surface area contributed by atoms with Crippen LogP contribution in [0.5, 0.6) is 0 Å². The van der Waals surface area contributed by atoms with Crippen molar-refractivity contribution in [1.82, 2.24) is 4.90 Å². The monoisotopic (exact) mass is 460 g/mol. The Hall–Kier alpha value is -3.17. The van der Waals surface area contributed by atoms with Crippen LogP contribution in [0, 0.1) is 10.1 Å². The smallest absolute Gasteiger partial charge is 0.338 e. The van der Waals surface area contributed by atoms with Gasteiger partial charge in [-0.3, -0.25) is 14.9 Å². The third kappa shape index (κ3) is 5.54. The number of benzene rings is 2. The lowest BCUT2D eigenvalue weighted by atomic mass is 10.1. The average Bonchev–Trinajstić information content (AvgIpc) is 2.79. The Morgan fingerprint density at radius 2 is 1.78 bits per heavy atom. The highest BCUT2D eigenvalue weighted by molar-refractivity contribution is 6.31. The molecular formula is C22H25ClN4O5. The minimum atomic E-state index is -0.734. The first-order valence-corrected chi connectivity index (χ1v) is 10.7. The fourth-order valence-corrected chi connectivity index (χ4v) is 3.74. The predicted octanol–water partition coefficient (Wildman–Crippen LogP) is 3.82. The highest BCUT2D eigenvalue weighted by Crippen LogP contribution is 2.31. The van der Waals surface area contributed by atoms with Gasteiger partial charge in [0.15, 0.2) is 0 Å². The molecule has 1 aliphatic rings. The zero-order valence-corrected chi connectivity index (χ0v) is 18.7. The maximum Gasteiger partial charge on any atom is 0.338 e. The molecule has 0 radical (unpaired) electrons. The molecule has 9 nitrogen and oxygen atoms in total. The predicted molar refractivity (Wildman–Crippen MR) is 123 cm³/mol. The third-order valence-electron chi connectivity index (χ3n) is 5.27. The van der Waals surface area contributed by atoms with Crippen molar-refractivity contribution in [3.8, 4) is 0 Å². The van der Waals surface area contributed by atoms with Crippen LogP contribution >= 0.6 is 11.6 Å². The number of nitro benzene ring substituents is 1. The van der Waals surface area contributed by atoms with Gasteiger partial charge in [0.05, 0.1) is 28.5 Å². The molecule has 3 rings (SSSR count). The van der Waals surface area contributed by atoms with Gasteiger partial charge in [-0.2, -0.15) is 0 Å². The summed E-state index contributed by atoms with van der Waals surface area (Å²) in [6, 6.07) is 8.74. The van der Waals surface area contributed by atoms with Gasteiger partial charge in [0.2, 0.25) is 0 Å². The molecule has 10 heteroatoms. The van der Waals surface area contributed by atoms with Crippen LogP contribution in [0.3, 0.4) is 0 Å². The SMILES string of the molecule is CCOC(=O)c1cc(C(=O)Nc2cc(Cl)ccc2N2CCN(CC)CC2)cc([N+](=O)[O-])c1. The van der Waals surface area contributed by atoms with E-state index in [9.17, 15) is 19.7 Å². The lowest BCUT2D eigenvalue weighted by Crippen LogP contribution is -2.46. The fraction of sp³-hybridized carbons (Fsp3) is 0.364. The number of halogens is 1. The van der Waals surface area contributed by atoms with Crippen molar-refractivity contribution in [2.45, 2.75) is 13.8 Å². The molecule has 0 unspecified atom stereocenters. The van der Waals surface area contributed by atoms with Crippen LogP contribution in [0.25, 0.3) is 0 Å². The van der Waals surface area contributed by atoms with Crippen molar-refractivity contribution in [2.24, 2.45) is 0 Å². The first kappa shape index (κ1) is 23.5. The molecule has 2 aromatic carbocycles. The molecule has 0 spiro atoms. The van der Waals surface area contributed by atoms with Gasteiger partial charge in [0.25, 0.3) is 11.6 Å². The Morgan fingerprint density at radius 1 is 1.09 bits per heavy atom. The summed E-state index contributed by atoms with van der Waals surface area (Å²) in [6.07, 6.45) is 0. The Balaban J connectivity index is 1.89. The number of carbonyl (C=O) groups is 2. The highest BCUT2D eigenvalue weighted by Gasteiger charge is 2.22. The summed E-state index contributed by atoms with van der Waals surface area (Å²) in [5, 5.41) is 14.6. The molecule has 0 aromatic heterocycles. The number of hydrogen-bond acceptors (Lipinski definition) is 7. The summed E-state index contributed by atoms with van der Waals surface area (Å²) in [5.74, 6) is -1.32. The zero-order chi connectivity index (χ0) is 23.3. The number of rotatable bonds is 7. The molecule has 0 bridgehead atoms. The van der Waals surface area contributed by atoms with Crippen LogP contribution in [0.2, 0.25) is 5.02 Å². The molecule has 1 N–H and O–H groups in total. The van der Waals surface area contributed by atoms with Crippen molar-refractivity contribution in [1.29, 1.82) is 0 Å². The third-order valence-corrected chi connectivity index (χ3v) is 5.50. The number of nitro groups is 1. The number of likely N-dealkylation sites (N-methyl/N-ethyl adjacent to an activating group) is 1. The summed E-state index contributed by atoms with van der Waals surface area (Å²) in [5.41, 5.74) is 0.853. The van der Waals surface area contributed by atoms with E-state index in [1.807, 2.05) is 6.07 Å². The maximum absolute atomic E-state index is 13.0. The van der Waals surface area contributed by atoms with Crippen molar-refractivity contribution in [2.75, 3.05) is 49.5 Å². The molecule has 1 aliphatic heterocycles. The van der Waals surface area contributed by atoms with E-state index in [4.69, 9.17) is 16.3 Å². The molecule has 1 saturated heterocycles. The van der Waals surface area contributed by atoms with E-state index in [1.54, 1.807) is 19.1 Å². The first-order chi connectivity index (χ1) is 15.3. The van der Waals surface area contributed by atoms with Crippen LogP contribution in [-0.4, -0.2) is 61.0 Å². The second kappa shape index (κ2) is 10.4. The Morgan fingerprint density at radius 3 is 2.41 bits per heavy atom. The van der Waals surface area contributed by atoms with E-state index in [-0.39, 0.29) is 23.4 Å². The van der Waals surface area contributed by atoms with Gasteiger partial charge in [-0.25, -0.2) is 4.79 Å². The van der Waals surface area contributed by atoms with Crippen LogP contribution in [0.15, 0.2) is 36.4 Å². The molecule has 2 aromatic rings. The summed E-state index contributed by atoms with van der Waals surface area (Å²) in [4.78, 5) is 40.3. The second-order valence-electron chi connectivity index (χ2n) is 7.28. The summed E-state index contributed by atoms with van der Waals surface area (Å²) in [7, 11) is 0. The molecule has 1 heterocycles. The Bertz CT molecular complexity index is 1020. The summed E-state index contributed by atoms with van der Waals surface area (Å²) < 4.78 is 4.93. The van der Waals surface area contributed by atoms with E-state index < -0.39 is 16.8 Å². The van der Waals surface area contributed by atoms with E-state index in [2.05, 4.69) is 22.0 Å². The van der Waals surface area contributed by atoms with Crippen LogP contribution in [-0.2, 0) is 4.74 Å². The van der Waals surface area contributed by atoms with Gasteiger partial charge < -0.3 is 19.9 Å².